The van der Waals surface area contributed by atoms with Crippen LogP contribution in [0.2, 0.25) is 0 Å². The number of nitrogens with zero attached hydrogens (tertiary/aromatic N) is 6. The average Bonchev–Trinajstić information content (AvgIpc) is 3.49. The summed E-state index contributed by atoms with van der Waals surface area (Å²) in [6.45, 7) is -0.0710. The number of carbonyl (C=O) groups is 2. The molecule has 0 unspecified atom stereocenters. The lowest BCUT2D eigenvalue weighted by Crippen LogP contribution is -2.39. The van der Waals surface area contributed by atoms with Crippen LogP contribution in [-0.4, -0.2) is 46.2 Å². The highest BCUT2D eigenvalue weighted by atomic mass is 19.2. The molecular formula is C20H14F2N6O4. The number of anilines is 1. The van der Waals surface area contributed by atoms with Crippen molar-refractivity contribution in [3.05, 3.63) is 60.0 Å². The number of aromatic nitrogens is 2. The second-order valence-electron chi connectivity index (χ2n) is 7.04. The highest BCUT2D eigenvalue weighted by molar-refractivity contribution is 6.25. The minimum atomic E-state index is -1.17. The molecular weight excluding hydrogens is 426 g/mol. The normalized spacial score (nSPS) is 19.7. The van der Waals surface area contributed by atoms with Crippen LogP contribution in [0.4, 0.5) is 14.5 Å². The predicted molar refractivity (Wildman–Crippen MR) is 103 cm³/mol. The van der Waals surface area contributed by atoms with Crippen LogP contribution in [0.5, 0.6) is 5.75 Å². The lowest BCUT2D eigenvalue weighted by Gasteiger charge is -2.19. The van der Waals surface area contributed by atoms with Crippen LogP contribution in [0.15, 0.2) is 57.3 Å². The molecule has 2 aliphatic rings. The largest absolute Gasteiger partial charge is 0.497 e. The molecule has 0 bridgehead atoms. The zero-order valence-electron chi connectivity index (χ0n) is 16.5. The number of carbonyl (C=O) groups excluding carboxylic acids is 2. The predicted octanol–water partition coefficient (Wildman–Crippen LogP) is 2.52. The van der Waals surface area contributed by atoms with E-state index in [1.54, 1.807) is 31.4 Å². The molecule has 10 nitrogen and oxygen atoms in total. The van der Waals surface area contributed by atoms with E-state index in [9.17, 15) is 18.4 Å². The van der Waals surface area contributed by atoms with Crippen molar-refractivity contribution in [2.45, 2.75) is 18.6 Å². The molecule has 32 heavy (non-hydrogen) atoms. The van der Waals surface area contributed by atoms with E-state index in [1.807, 2.05) is 0 Å². The molecule has 2 amide bonds. The van der Waals surface area contributed by atoms with Crippen LogP contribution in [0.25, 0.3) is 11.4 Å². The van der Waals surface area contributed by atoms with Gasteiger partial charge in [0.1, 0.15) is 12.3 Å². The van der Waals surface area contributed by atoms with Crippen molar-refractivity contribution in [3.8, 4) is 17.1 Å². The maximum Gasteiger partial charge on any atom is 0.263 e. The number of amides is 2. The van der Waals surface area contributed by atoms with Crippen LogP contribution in [0.1, 0.15) is 5.89 Å². The maximum atomic E-state index is 13.6. The molecule has 162 valence electrons. The zero-order valence-corrected chi connectivity index (χ0v) is 16.5. The fraction of sp³-hybridized carbons (Fsp3) is 0.200. The van der Waals surface area contributed by atoms with Gasteiger partial charge in [0, 0.05) is 11.6 Å². The fourth-order valence-electron chi connectivity index (χ4n) is 3.55. The SMILES string of the molecule is COc1ccc(-c2noc(CN3N=N[C@H]4C(=O)N(c5ccc(F)c(F)c5)C(=O)[C@@H]43)n2)cc1. The first kappa shape index (κ1) is 19.7. The third-order valence-electron chi connectivity index (χ3n) is 5.13. The van der Waals surface area contributed by atoms with Crippen LogP contribution in [0.3, 0.4) is 0 Å². The highest BCUT2D eigenvalue weighted by Gasteiger charge is 2.55. The van der Waals surface area contributed by atoms with Crippen molar-refractivity contribution in [1.29, 1.82) is 0 Å². The van der Waals surface area contributed by atoms with Crippen molar-refractivity contribution in [2.24, 2.45) is 10.3 Å². The second-order valence-corrected chi connectivity index (χ2v) is 7.04. The van der Waals surface area contributed by atoms with Crippen LogP contribution in [0, 0.1) is 11.6 Å². The molecule has 12 heteroatoms. The first-order valence-corrected chi connectivity index (χ1v) is 9.43. The Bertz CT molecular complexity index is 1250. The summed E-state index contributed by atoms with van der Waals surface area (Å²) in [6, 6.07) is 7.66. The summed E-state index contributed by atoms with van der Waals surface area (Å²) in [4.78, 5) is 30.7. The van der Waals surface area contributed by atoms with E-state index in [2.05, 4.69) is 20.5 Å². The Morgan fingerprint density at radius 2 is 1.84 bits per heavy atom. The number of fused-ring (bicyclic) bond motifs is 1. The Balaban J connectivity index is 1.35. The molecule has 2 aliphatic heterocycles. The molecule has 1 aromatic heterocycles. The summed E-state index contributed by atoms with van der Waals surface area (Å²) in [5.41, 5.74) is 0.612. The third-order valence-corrected chi connectivity index (χ3v) is 5.13. The quantitative estimate of drug-likeness (QED) is 0.560. The van der Waals surface area contributed by atoms with Crippen molar-refractivity contribution in [3.63, 3.8) is 0 Å². The molecule has 2 aromatic carbocycles. The molecule has 5 rings (SSSR count). The number of methoxy groups -OCH3 is 1. The summed E-state index contributed by atoms with van der Waals surface area (Å²) in [5.74, 6) is -2.44. The fourth-order valence-corrected chi connectivity index (χ4v) is 3.55. The summed E-state index contributed by atoms with van der Waals surface area (Å²) in [6.07, 6.45) is 0. The standard InChI is InChI=1S/C20H14F2N6O4/c1-31-12-5-2-10(3-6-12)18-23-15(32-25-18)9-27-17-16(24-26-27)19(29)28(20(17)30)11-4-7-13(21)14(22)8-11/h2-8,16-17H,9H2,1H3/t16-,17-/m1/s1. The van der Waals surface area contributed by atoms with Gasteiger partial charge in [-0.15, -0.1) is 0 Å². The number of benzene rings is 2. The Labute approximate surface area is 179 Å². The van der Waals surface area contributed by atoms with E-state index in [-0.39, 0.29) is 18.1 Å². The number of halogens is 2. The van der Waals surface area contributed by atoms with Gasteiger partial charge in [-0.2, -0.15) is 10.1 Å². The minimum Gasteiger partial charge on any atom is -0.497 e. The number of hydrogen-bond donors (Lipinski definition) is 0. The molecule has 0 aliphatic carbocycles. The van der Waals surface area contributed by atoms with E-state index in [0.29, 0.717) is 17.1 Å². The number of ether oxygens (including phenoxy) is 1. The molecule has 2 atom stereocenters. The Morgan fingerprint density at radius 3 is 2.56 bits per heavy atom. The van der Waals surface area contributed by atoms with E-state index in [4.69, 9.17) is 9.26 Å². The smallest absolute Gasteiger partial charge is 0.263 e. The van der Waals surface area contributed by atoms with Gasteiger partial charge in [0.05, 0.1) is 12.8 Å². The number of imide groups is 1. The van der Waals surface area contributed by atoms with Gasteiger partial charge in [-0.1, -0.05) is 10.4 Å². The summed E-state index contributed by atoms with van der Waals surface area (Å²) in [5, 5.41) is 12.9. The molecule has 1 saturated heterocycles. The van der Waals surface area contributed by atoms with Crippen LogP contribution in [-0.2, 0) is 16.1 Å². The van der Waals surface area contributed by atoms with E-state index < -0.39 is 35.5 Å². The molecule has 0 spiro atoms. The van der Waals surface area contributed by atoms with Gasteiger partial charge in [0.2, 0.25) is 11.7 Å². The number of hydrogen-bond acceptors (Lipinski definition) is 9. The molecule has 0 N–H and O–H groups in total. The van der Waals surface area contributed by atoms with Gasteiger partial charge < -0.3 is 9.26 Å². The van der Waals surface area contributed by atoms with Crippen molar-refractivity contribution in [2.75, 3.05) is 12.0 Å². The Kier molecular flexibility index (Phi) is 4.61. The molecule has 0 radical (unpaired) electrons. The van der Waals surface area contributed by atoms with Crippen LogP contribution >= 0.6 is 0 Å². The van der Waals surface area contributed by atoms with Crippen molar-refractivity contribution >= 4 is 17.5 Å². The Hall–Kier alpha value is -4.22. The first-order chi connectivity index (χ1) is 15.5. The van der Waals surface area contributed by atoms with Gasteiger partial charge >= 0.3 is 0 Å². The lowest BCUT2D eigenvalue weighted by atomic mass is 10.1. The van der Waals surface area contributed by atoms with Gasteiger partial charge in [0.25, 0.3) is 11.8 Å². The van der Waals surface area contributed by atoms with Gasteiger partial charge in [-0.3, -0.25) is 14.6 Å². The van der Waals surface area contributed by atoms with E-state index in [0.717, 1.165) is 23.1 Å². The first-order valence-electron chi connectivity index (χ1n) is 9.43. The van der Waals surface area contributed by atoms with Gasteiger partial charge in [0.15, 0.2) is 23.7 Å². The van der Waals surface area contributed by atoms with Crippen molar-refractivity contribution < 1.29 is 27.6 Å². The zero-order chi connectivity index (χ0) is 22.4. The molecule has 3 heterocycles. The van der Waals surface area contributed by atoms with Gasteiger partial charge in [-0.25, -0.2) is 13.7 Å². The van der Waals surface area contributed by atoms with Crippen molar-refractivity contribution in [1.82, 2.24) is 15.1 Å². The summed E-state index contributed by atoms with van der Waals surface area (Å²) < 4.78 is 37.2. The molecule has 1 fully saturated rings. The van der Waals surface area contributed by atoms with Gasteiger partial charge in [-0.05, 0) is 36.4 Å². The summed E-state index contributed by atoms with van der Waals surface area (Å²) in [7, 11) is 1.56. The Morgan fingerprint density at radius 1 is 1.06 bits per heavy atom. The summed E-state index contributed by atoms with van der Waals surface area (Å²) >= 11 is 0. The lowest BCUT2D eigenvalue weighted by molar-refractivity contribution is -0.123. The van der Waals surface area contributed by atoms with E-state index >= 15 is 0 Å². The topological polar surface area (TPSA) is 113 Å². The van der Waals surface area contributed by atoms with Crippen LogP contribution < -0.4 is 9.64 Å². The highest BCUT2D eigenvalue weighted by Crippen LogP contribution is 2.33. The third kappa shape index (κ3) is 3.16. The van der Waals surface area contributed by atoms with E-state index in [1.165, 1.54) is 5.01 Å². The number of rotatable bonds is 5. The maximum absolute atomic E-state index is 13.6. The molecule has 0 saturated carbocycles. The average molecular weight is 440 g/mol. The minimum absolute atomic E-state index is 0.0710. The second kappa shape index (κ2) is 7.48. The monoisotopic (exact) mass is 440 g/mol. The molecule has 3 aromatic rings.